The Labute approximate surface area is 216 Å². The van der Waals surface area contributed by atoms with Crippen molar-refractivity contribution in [3.8, 4) is 0 Å². The molecular formula is C28H44N8. The van der Waals surface area contributed by atoms with Crippen molar-refractivity contribution in [1.29, 1.82) is 0 Å². The Morgan fingerprint density at radius 1 is 0.750 bits per heavy atom. The molecule has 8 nitrogen and oxygen atoms in total. The van der Waals surface area contributed by atoms with Crippen LogP contribution >= 0.6 is 0 Å². The predicted molar refractivity (Wildman–Crippen MR) is 149 cm³/mol. The lowest BCUT2D eigenvalue weighted by Crippen LogP contribution is -2.34. The highest BCUT2D eigenvalue weighted by atomic mass is 15.2. The van der Waals surface area contributed by atoms with Crippen LogP contribution in [0.2, 0.25) is 0 Å². The van der Waals surface area contributed by atoms with Crippen LogP contribution in [0, 0.1) is 0 Å². The van der Waals surface area contributed by atoms with Crippen molar-refractivity contribution < 1.29 is 0 Å². The van der Waals surface area contributed by atoms with Gasteiger partial charge in [-0.25, -0.2) is 0 Å². The van der Waals surface area contributed by atoms with E-state index >= 15 is 0 Å². The van der Waals surface area contributed by atoms with Gasteiger partial charge in [-0.05, 0) is 77.7 Å². The first-order valence-corrected chi connectivity index (χ1v) is 12.5. The minimum absolute atomic E-state index is 0.759. The second-order valence-corrected chi connectivity index (χ2v) is 10.1. The molecule has 36 heavy (non-hydrogen) atoms. The molecule has 3 rings (SSSR count). The number of nitrogens with one attached hydrogen (secondary N) is 4. The average molecular weight is 493 g/mol. The summed E-state index contributed by atoms with van der Waals surface area (Å²) in [4.78, 5) is 19.4. The molecule has 0 atom stereocenters. The molecule has 0 aliphatic carbocycles. The number of nitrogens with zero attached hydrogens (tertiary/aromatic N) is 4. The van der Waals surface area contributed by atoms with Crippen LogP contribution in [0.15, 0.2) is 67.0 Å². The lowest BCUT2D eigenvalue weighted by molar-refractivity contribution is 0.292. The van der Waals surface area contributed by atoms with Crippen LogP contribution in [0.4, 0.5) is 0 Å². The third-order valence-electron chi connectivity index (χ3n) is 5.86. The molecule has 3 aromatic rings. The van der Waals surface area contributed by atoms with Gasteiger partial charge < -0.3 is 25.2 Å². The summed E-state index contributed by atoms with van der Waals surface area (Å²) in [6.07, 6.45) is 5.88. The molecule has 0 saturated heterocycles. The van der Waals surface area contributed by atoms with E-state index in [0.717, 1.165) is 51.6 Å². The fourth-order valence-corrected chi connectivity index (χ4v) is 4.32. The van der Waals surface area contributed by atoms with E-state index in [1.54, 1.807) is 0 Å². The second kappa shape index (κ2) is 13.9. The van der Waals surface area contributed by atoms with Crippen molar-refractivity contribution in [1.82, 2.24) is 39.9 Å². The van der Waals surface area contributed by atoms with E-state index in [-0.39, 0.29) is 0 Å². The molecule has 0 amide bonds. The zero-order chi connectivity index (χ0) is 25.9. The monoisotopic (exact) mass is 492 g/mol. The maximum absolute atomic E-state index is 3.90. The van der Waals surface area contributed by atoms with Gasteiger partial charge in [0, 0.05) is 79.6 Å². The molecule has 0 radical (unpaired) electrons. The summed E-state index contributed by atoms with van der Waals surface area (Å²) in [5.41, 5.74) is 7.29. The summed E-state index contributed by atoms with van der Waals surface area (Å²) in [6.45, 7) is 9.90. The highest BCUT2D eigenvalue weighted by Crippen LogP contribution is 2.10. The van der Waals surface area contributed by atoms with Gasteiger partial charge in [0.15, 0.2) is 0 Å². The molecule has 3 aromatic heterocycles. The first-order valence-electron chi connectivity index (χ1n) is 12.5. The van der Waals surface area contributed by atoms with Crippen molar-refractivity contribution in [2.75, 3.05) is 48.5 Å². The molecule has 0 aliphatic heterocycles. The largest absolute Gasteiger partial charge is 0.375 e. The van der Waals surface area contributed by atoms with Crippen molar-refractivity contribution in [2.45, 2.75) is 32.7 Å². The summed E-state index contributed by atoms with van der Waals surface area (Å²) in [5.74, 6) is 0. The molecule has 0 bridgehead atoms. The Morgan fingerprint density at radius 2 is 1.31 bits per heavy atom. The normalized spacial score (nSPS) is 12.4. The van der Waals surface area contributed by atoms with Gasteiger partial charge in [0.05, 0.1) is 6.67 Å². The van der Waals surface area contributed by atoms with Crippen LogP contribution in [0.3, 0.4) is 0 Å². The third kappa shape index (κ3) is 9.54. The summed E-state index contributed by atoms with van der Waals surface area (Å²) >= 11 is 0. The molecule has 0 aliphatic rings. The fourth-order valence-electron chi connectivity index (χ4n) is 4.32. The predicted octanol–water partition coefficient (Wildman–Crippen LogP) is 3.55. The van der Waals surface area contributed by atoms with Gasteiger partial charge in [-0.3, -0.25) is 14.7 Å². The Hall–Kier alpha value is -3.04. The maximum Gasteiger partial charge on any atom is 0.0676 e. The zero-order valence-corrected chi connectivity index (χ0v) is 22.6. The Balaban J connectivity index is 1.43. The Morgan fingerprint density at radius 3 is 1.86 bits per heavy atom. The number of hydrogen-bond acceptors (Lipinski definition) is 5. The second-order valence-electron chi connectivity index (χ2n) is 10.1. The minimum Gasteiger partial charge on any atom is -0.375 e. The van der Waals surface area contributed by atoms with E-state index in [2.05, 4.69) is 118 Å². The molecule has 196 valence electrons. The number of aromatic amines is 3. The van der Waals surface area contributed by atoms with E-state index < -0.39 is 0 Å². The molecule has 3 heterocycles. The minimum atomic E-state index is 0.759. The number of hydrogen-bond donors (Lipinski definition) is 4. The van der Waals surface area contributed by atoms with Crippen LogP contribution in [0.1, 0.15) is 28.5 Å². The fraction of sp³-hybridized carbons (Fsp3) is 0.429. The van der Waals surface area contributed by atoms with Crippen LogP contribution in [-0.2, 0) is 32.7 Å². The van der Waals surface area contributed by atoms with Gasteiger partial charge in [-0.1, -0.05) is 12.7 Å². The van der Waals surface area contributed by atoms with Gasteiger partial charge in [0.2, 0.25) is 0 Å². The van der Waals surface area contributed by atoms with Crippen LogP contribution < -0.4 is 5.32 Å². The van der Waals surface area contributed by atoms with Crippen molar-refractivity contribution in [3.05, 3.63) is 95.5 Å². The van der Waals surface area contributed by atoms with E-state index in [4.69, 9.17) is 0 Å². The number of rotatable bonds is 16. The standard InChI is InChI=1S/C28H44N8/c1-7-9-23(30-22-36(6)21-28-12-11-25(31-28)16-33(2)3)17-34(4)19-26-13-14-27(32-26)20-35(5)18-24-10-8-15-29-24/h7-15,29-32H,1,16-22H2,2-6H3/b23-9-. The third-order valence-corrected chi connectivity index (χ3v) is 5.86. The van der Waals surface area contributed by atoms with E-state index in [9.17, 15) is 0 Å². The molecule has 0 spiro atoms. The summed E-state index contributed by atoms with van der Waals surface area (Å²) in [5, 5.41) is 3.58. The molecule has 4 N–H and O–H groups in total. The Bertz CT molecular complexity index is 1060. The smallest absolute Gasteiger partial charge is 0.0676 e. The average Bonchev–Trinajstić information content (AvgIpc) is 3.56. The van der Waals surface area contributed by atoms with Crippen molar-refractivity contribution in [2.24, 2.45) is 0 Å². The first-order chi connectivity index (χ1) is 17.3. The molecule has 0 saturated carbocycles. The van der Waals surface area contributed by atoms with Gasteiger partial charge in [0.1, 0.15) is 0 Å². The van der Waals surface area contributed by atoms with Gasteiger partial charge >= 0.3 is 0 Å². The topological polar surface area (TPSA) is 72.4 Å². The van der Waals surface area contributed by atoms with E-state index in [0.29, 0.717) is 0 Å². The first kappa shape index (κ1) is 27.5. The lowest BCUT2D eigenvalue weighted by atomic mass is 10.3. The highest BCUT2D eigenvalue weighted by Gasteiger charge is 2.09. The molecular weight excluding hydrogens is 448 g/mol. The molecule has 0 fully saturated rings. The van der Waals surface area contributed by atoms with Gasteiger partial charge in [0.25, 0.3) is 0 Å². The molecule has 8 heteroatoms. The van der Waals surface area contributed by atoms with Crippen LogP contribution in [0.25, 0.3) is 0 Å². The molecule has 0 aromatic carbocycles. The summed E-state index contributed by atoms with van der Waals surface area (Å²) in [7, 11) is 10.6. The van der Waals surface area contributed by atoms with Crippen LogP contribution in [-0.4, -0.2) is 83.0 Å². The Kier molecular flexibility index (Phi) is 10.6. The number of aromatic nitrogens is 3. The lowest BCUT2D eigenvalue weighted by Gasteiger charge is -2.23. The van der Waals surface area contributed by atoms with Gasteiger partial charge in [-0.2, -0.15) is 0 Å². The maximum atomic E-state index is 3.90. The van der Waals surface area contributed by atoms with Gasteiger partial charge in [-0.15, -0.1) is 0 Å². The number of likely N-dealkylation sites (N-methyl/N-ethyl adjacent to an activating group) is 1. The van der Waals surface area contributed by atoms with Crippen molar-refractivity contribution >= 4 is 0 Å². The number of H-pyrrole nitrogens is 3. The quantitative estimate of drug-likeness (QED) is 0.182. The molecule has 0 unspecified atom stereocenters. The summed E-state index contributed by atoms with van der Waals surface area (Å²) < 4.78 is 0. The van der Waals surface area contributed by atoms with Crippen LogP contribution in [0.5, 0.6) is 0 Å². The van der Waals surface area contributed by atoms with Crippen molar-refractivity contribution in [3.63, 3.8) is 0 Å². The SMILES string of the molecule is C=C/C=C(/CN(C)Cc1ccc(CN(C)Cc2ccc[nH]2)[nH]1)NCN(C)Cc1ccc(CN(C)C)[nH]1. The highest BCUT2D eigenvalue weighted by molar-refractivity contribution is 5.15. The van der Waals surface area contributed by atoms with E-state index in [1.807, 2.05) is 18.3 Å². The number of allylic oxidation sites excluding steroid dienone is 2. The van der Waals surface area contributed by atoms with E-state index in [1.165, 1.54) is 28.5 Å². The summed E-state index contributed by atoms with van der Waals surface area (Å²) in [6, 6.07) is 12.9. The zero-order valence-electron chi connectivity index (χ0n) is 22.6.